The van der Waals surface area contributed by atoms with Crippen molar-refractivity contribution in [2.24, 2.45) is 23.7 Å². The van der Waals surface area contributed by atoms with Crippen molar-refractivity contribution in [1.82, 2.24) is 10.2 Å². The van der Waals surface area contributed by atoms with E-state index in [2.05, 4.69) is 70.5 Å². The van der Waals surface area contributed by atoms with Crippen molar-refractivity contribution in [2.75, 3.05) is 31.1 Å². The number of benzene rings is 2. The van der Waals surface area contributed by atoms with Crippen LogP contribution in [0.1, 0.15) is 169 Å². The normalized spacial score (nSPS) is 16.8. The van der Waals surface area contributed by atoms with Crippen LogP contribution in [0.25, 0.3) is 5.57 Å². The van der Waals surface area contributed by atoms with Crippen LogP contribution in [0.2, 0.25) is 0 Å². The van der Waals surface area contributed by atoms with Crippen LogP contribution in [0.4, 0.5) is 10.5 Å². The van der Waals surface area contributed by atoms with E-state index in [1.54, 1.807) is 18.2 Å². The monoisotopic (exact) mass is 878 g/mol. The van der Waals surface area contributed by atoms with Gasteiger partial charge in [-0.15, -0.1) is 0 Å². The molecule has 2 aromatic rings. The van der Waals surface area contributed by atoms with E-state index in [0.29, 0.717) is 29.2 Å². The standard InChI is InChI=1S/C56H83N3O5/c1-9-17-24-41(13-5)37-58(38-42(14-6)25-18-10-2)46-30-32-48(50(60)34-46)52-54(61)53(55(52)62)49-33-31-47(35-51(49)64-56(63)57-36-45-28-22-21-23-29-45)59(39-43(15-7)26-19-11-3)40-44(16-8)27-20-12-4/h21-23,28-35,41-44,61H,9-20,24-27,36-40H2,1-8H3,(H,57,63). The second-order valence-electron chi connectivity index (χ2n) is 18.5. The summed E-state index contributed by atoms with van der Waals surface area (Å²) in [5, 5.41) is 14.6. The average molecular weight is 878 g/mol. The minimum atomic E-state index is -0.657. The van der Waals surface area contributed by atoms with Gasteiger partial charge in [0.05, 0.1) is 11.1 Å². The number of aliphatic hydroxyl groups is 1. The molecule has 2 aliphatic rings. The summed E-state index contributed by atoms with van der Waals surface area (Å²) in [5.74, 6) is 1.27. The molecule has 64 heavy (non-hydrogen) atoms. The minimum Gasteiger partial charge on any atom is -0.506 e. The molecule has 0 aliphatic heterocycles. The summed E-state index contributed by atoms with van der Waals surface area (Å²) < 4.78 is 6.09. The summed E-state index contributed by atoms with van der Waals surface area (Å²) in [6, 6.07) is 15.3. The molecule has 1 amide bonds. The van der Waals surface area contributed by atoms with Crippen LogP contribution in [-0.4, -0.2) is 53.8 Å². The summed E-state index contributed by atoms with van der Waals surface area (Å²) in [6.45, 7) is 21.7. The predicted molar refractivity (Wildman–Crippen MR) is 267 cm³/mol. The number of Topliss-reactive ketones (excluding diaryl/α,β-unsaturated/α-hetero) is 1. The Morgan fingerprint density at radius 2 is 1.14 bits per heavy atom. The maximum Gasteiger partial charge on any atom is 0.412 e. The van der Waals surface area contributed by atoms with Gasteiger partial charge in [-0.1, -0.05) is 163 Å². The van der Waals surface area contributed by atoms with E-state index < -0.39 is 11.9 Å². The number of hydrogen-bond acceptors (Lipinski definition) is 7. The first-order chi connectivity index (χ1) is 31.0. The van der Waals surface area contributed by atoms with Crippen LogP contribution in [0.5, 0.6) is 5.75 Å². The number of anilines is 1. The summed E-state index contributed by atoms with van der Waals surface area (Å²) in [6.07, 6.45) is 22.9. The van der Waals surface area contributed by atoms with E-state index in [1.165, 1.54) is 25.7 Å². The summed E-state index contributed by atoms with van der Waals surface area (Å²) in [7, 11) is 0. The first-order valence-corrected chi connectivity index (χ1v) is 25.4. The Hall–Kier alpha value is -4.59. The number of ether oxygens (including phenoxy) is 1. The smallest absolute Gasteiger partial charge is 0.412 e. The molecule has 2 aromatic carbocycles. The van der Waals surface area contributed by atoms with Gasteiger partial charge < -0.3 is 25.0 Å². The number of carbonyl (C=O) groups excluding carboxylic acids is 3. The lowest BCUT2D eigenvalue weighted by atomic mass is 9.79. The third-order valence-electron chi connectivity index (χ3n) is 13.7. The van der Waals surface area contributed by atoms with E-state index in [9.17, 15) is 19.5 Å². The van der Waals surface area contributed by atoms with Crippen molar-refractivity contribution in [3.8, 4) is 5.75 Å². The van der Waals surface area contributed by atoms with Crippen molar-refractivity contribution >= 4 is 28.9 Å². The molecule has 2 aliphatic carbocycles. The van der Waals surface area contributed by atoms with E-state index >= 15 is 0 Å². The Morgan fingerprint density at radius 3 is 1.59 bits per heavy atom. The number of ketones is 2. The predicted octanol–water partition coefficient (Wildman–Crippen LogP) is 14.1. The fourth-order valence-corrected chi connectivity index (χ4v) is 9.21. The van der Waals surface area contributed by atoms with Gasteiger partial charge in [-0.25, -0.2) is 4.79 Å². The van der Waals surface area contributed by atoms with Crippen LogP contribution in [0.15, 0.2) is 89.4 Å². The van der Waals surface area contributed by atoms with Crippen LogP contribution in [0, 0.1) is 23.7 Å². The number of carbonyl (C=O) groups is 3. The Morgan fingerprint density at radius 1 is 0.641 bits per heavy atom. The highest BCUT2D eigenvalue weighted by Crippen LogP contribution is 2.44. The number of rotatable bonds is 30. The highest BCUT2D eigenvalue weighted by Gasteiger charge is 2.40. The van der Waals surface area contributed by atoms with Crippen molar-refractivity contribution in [2.45, 2.75) is 165 Å². The Bertz CT molecular complexity index is 1880. The van der Waals surface area contributed by atoms with Gasteiger partial charge in [-0.05, 0) is 79.2 Å². The van der Waals surface area contributed by atoms with E-state index in [4.69, 9.17) is 4.74 Å². The van der Waals surface area contributed by atoms with Crippen LogP contribution < -0.4 is 15.0 Å². The second kappa shape index (κ2) is 27.7. The zero-order chi connectivity index (χ0) is 46.4. The molecule has 0 aromatic heterocycles. The van der Waals surface area contributed by atoms with Gasteiger partial charge in [0.25, 0.3) is 0 Å². The molecule has 4 unspecified atom stereocenters. The molecule has 0 radical (unpaired) electrons. The van der Waals surface area contributed by atoms with Gasteiger partial charge >= 0.3 is 6.09 Å². The fraction of sp³-hybridized carbons (Fsp3) is 0.589. The molecule has 0 fully saturated rings. The lowest BCUT2D eigenvalue weighted by Gasteiger charge is -2.34. The molecule has 2 N–H and O–H groups in total. The number of aliphatic hydroxyl groups excluding tert-OH is 1. The summed E-state index contributed by atoms with van der Waals surface area (Å²) in [5.41, 5.74) is 3.28. The van der Waals surface area contributed by atoms with Crippen LogP contribution in [0.3, 0.4) is 0 Å². The molecule has 8 heteroatoms. The van der Waals surface area contributed by atoms with Crippen molar-refractivity contribution in [1.29, 1.82) is 0 Å². The third kappa shape index (κ3) is 15.0. The summed E-state index contributed by atoms with van der Waals surface area (Å²) >= 11 is 0. The third-order valence-corrected chi connectivity index (χ3v) is 13.7. The summed E-state index contributed by atoms with van der Waals surface area (Å²) in [4.78, 5) is 46.7. The molecule has 0 bridgehead atoms. The van der Waals surface area contributed by atoms with Crippen molar-refractivity contribution < 1.29 is 24.2 Å². The molecule has 0 heterocycles. The SMILES string of the molecule is CCCCC(CC)CN(CC(CC)CCCC)C1=CC(=O)C(=C2C(=O)C(c3ccc(N(CC(CC)CCCC)CC(CC)CCCC)cc3OC(=O)NCc3ccccc3)=C2O)C=C1. The van der Waals surface area contributed by atoms with Gasteiger partial charge in [0.1, 0.15) is 11.5 Å². The maximum absolute atomic E-state index is 14.3. The van der Waals surface area contributed by atoms with Gasteiger partial charge in [0.2, 0.25) is 5.78 Å². The highest BCUT2D eigenvalue weighted by atomic mass is 16.6. The molecule has 0 saturated heterocycles. The molecule has 0 spiro atoms. The quantitative estimate of drug-likeness (QED) is 0.0754. The molecule has 4 rings (SSSR count). The number of nitrogens with zero attached hydrogens (tertiary/aromatic N) is 2. The first kappa shape index (κ1) is 52.0. The molecule has 4 atom stereocenters. The first-order valence-electron chi connectivity index (χ1n) is 25.4. The largest absolute Gasteiger partial charge is 0.506 e. The zero-order valence-corrected chi connectivity index (χ0v) is 41.0. The Kier molecular flexibility index (Phi) is 22.5. The average Bonchev–Trinajstić information content (AvgIpc) is 3.31. The molecular formula is C56H83N3O5. The lowest BCUT2D eigenvalue weighted by Crippen LogP contribution is -2.34. The van der Waals surface area contributed by atoms with Crippen LogP contribution in [-0.2, 0) is 16.1 Å². The van der Waals surface area contributed by atoms with Crippen molar-refractivity contribution in [3.05, 3.63) is 100 Å². The molecule has 0 saturated carbocycles. The topological polar surface area (TPSA) is 99.2 Å². The zero-order valence-electron chi connectivity index (χ0n) is 41.0. The number of allylic oxidation sites excluding steroid dienone is 6. The van der Waals surface area contributed by atoms with Crippen LogP contribution >= 0.6 is 0 Å². The highest BCUT2D eigenvalue weighted by molar-refractivity contribution is 6.41. The van der Waals surface area contributed by atoms with Gasteiger partial charge in [0, 0.05) is 67.4 Å². The molecule has 352 valence electrons. The lowest BCUT2D eigenvalue weighted by molar-refractivity contribution is -0.114. The number of amides is 1. The maximum atomic E-state index is 14.3. The van der Waals surface area contributed by atoms with Gasteiger partial charge in [-0.2, -0.15) is 0 Å². The van der Waals surface area contributed by atoms with E-state index in [0.717, 1.165) is 120 Å². The molecular weight excluding hydrogens is 795 g/mol. The Balaban J connectivity index is 1.73. The van der Waals surface area contributed by atoms with Gasteiger partial charge in [0.15, 0.2) is 5.78 Å². The minimum absolute atomic E-state index is 0.00969. The van der Waals surface area contributed by atoms with Gasteiger partial charge in [-0.3, -0.25) is 9.59 Å². The Labute approximate surface area is 387 Å². The van der Waals surface area contributed by atoms with E-state index in [-0.39, 0.29) is 40.6 Å². The number of nitrogens with one attached hydrogen (secondary N) is 1. The fourth-order valence-electron chi connectivity index (χ4n) is 9.21. The van der Waals surface area contributed by atoms with Crippen molar-refractivity contribution in [3.63, 3.8) is 0 Å². The number of hydrogen-bond donors (Lipinski definition) is 2. The molecule has 8 nitrogen and oxygen atoms in total. The van der Waals surface area contributed by atoms with E-state index in [1.807, 2.05) is 48.5 Å². The number of unbranched alkanes of at least 4 members (excludes halogenated alkanes) is 4. The second-order valence-corrected chi connectivity index (χ2v) is 18.5.